The topological polar surface area (TPSA) is 50.2 Å². The highest BCUT2D eigenvalue weighted by Crippen LogP contribution is 2.18. The van der Waals surface area contributed by atoms with Gasteiger partial charge < -0.3 is 5.32 Å². The van der Waals surface area contributed by atoms with Crippen LogP contribution in [0.15, 0.2) is 59.2 Å². The summed E-state index contributed by atoms with van der Waals surface area (Å²) in [6, 6.07) is 16.1. The third-order valence-electron chi connectivity index (χ3n) is 5.17. The quantitative estimate of drug-likeness (QED) is 0.535. The van der Waals surface area contributed by atoms with Crippen LogP contribution in [0.5, 0.6) is 0 Å². The Labute approximate surface area is 180 Å². The molecule has 1 heterocycles. The molecule has 0 radical (unpaired) electrons. The smallest absolute Gasteiger partial charge is 0.255 e. The average molecular weight is 455 g/mol. The van der Waals surface area contributed by atoms with E-state index in [1.807, 2.05) is 37.3 Å². The second-order valence-electron chi connectivity index (χ2n) is 6.94. The molecule has 5 nitrogen and oxygen atoms in total. The van der Waals surface area contributed by atoms with Crippen LogP contribution in [0.1, 0.15) is 41.0 Å². The Morgan fingerprint density at radius 1 is 1.07 bits per heavy atom. The van der Waals surface area contributed by atoms with E-state index in [0.717, 1.165) is 41.1 Å². The summed E-state index contributed by atoms with van der Waals surface area (Å²) in [5.41, 5.74) is 4.73. The van der Waals surface area contributed by atoms with Crippen molar-refractivity contribution < 1.29 is 4.79 Å². The van der Waals surface area contributed by atoms with Crippen LogP contribution in [0.3, 0.4) is 0 Å². The Kier molecular flexibility index (Phi) is 7.23. The van der Waals surface area contributed by atoms with Crippen LogP contribution in [-0.2, 0) is 13.1 Å². The zero-order valence-electron chi connectivity index (χ0n) is 17.2. The van der Waals surface area contributed by atoms with Gasteiger partial charge in [0.1, 0.15) is 0 Å². The number of nitrogens with one attached hydrogen (secondary N) is 1. The number of amides is 1. The summed E-state index contributed by atoms with van der Waals surface area (Å²) in [5.74, 6) is -0.108. The standard InChI is InChI=1S/C23H27BrN4O/c1-4-27(5-2)16-19-9-7-6-8-18(19)14-25-23(29)22-15-26-28(17(22)3)21-12-10-20(24)11-13-21/h6-13,15H,4-5,14,16H2,1-3H3,(H,25,29). The minimum atomic E-state index is -0.108. The molecule has 152 valence electrons. The van der Waals surface area contributed by atoms with Crippen LogP contribution in [0.4, 0.5) is 0 Å². The van der Waals surface area contributed by atoms with E-state index in [9.17, 15) is 4.79 Å². The lowest BCUT2D eigenvalue weighted by molar-refractivity contribution is 0.0950. The predicted octanol–water partition coefficient (Wildman–Crippen LogP) is 4.72. The van der Waals surface area contributed by atoms with Crippen molar-refractivity contribution in [3.63, 3.8) is 0 Å². The lowest BCUT2D eigenvalue weighted by Crippen LogP contribution is -2.26. The Balaban J connectivity index is 1.72. The van der Waals surface area contributed by atoms with Gasteiger partial charge in [-0.2, -0.15) is 5.10 Å². The van der Waals surface area contributed by atoms with Crippen molar-refractivity contribution in [1.29, 1.82) is 0 Å². The molecule has 1 amide bonds. The van der Waals surface area contributed by atoms with Gasteiger partial charge in [0.15, 0.2) is 0 Å². The van der Waals surface area contributed by atoms with Crippen LogP contribution < -0.4 is 5.32 Å². The number of aromatic nitrogens is 2. The third kappa shape index (κ3) is 5.14. The summed E-state index contributed by atoms with van der Waals surface area (Å²) in [5, 5.41) is 7.47. The highest BCUT2D eigenvalue weighted by Gasteiger charge is 2.15. The summed E-state index contributed by atoms with van der Waals surface area (Å²) < 4.78 is 2.79. The maximum absolute atomic E-state index is 12.8. The van der Waals surface area contributed by atoms with Gasteiger partial charge in [0, 0.05) is 17.6 Å². The molecule has 0 spiro atoms. The Hall–Kier alpha value is -2.44. The zero-order valence-corrected chi connectivity index (χ0v) is 18.7. The van der Waals surface area contributed by atoms with E-state index in [1.165, 1.54) is 5.56 Å². The molecule has 0 fully saturated rings. The van der Waals surface area contributed by atoms with Crippen LogP contribution in [0.25, 0.3) is 5.69 Å². The fourth-order valence-corrected chi connectivity index (χ4v) is 3.58. The van der Waals surface area contributed by atoms with Gasteiger partial charge >= 0.3 is 0 Å². The molecule has 0 saturated heterocycles. The summed E-state index contributed by atoms with van der Waals surface area (Å²) in [6.45, 7) is 9.65. The van der Waals surface area contributed by atoms with E-state index >= 15 is 0 Å². The third-order valence-corrected chi connectivity index (χ3v) is 5.70. The van der Waals surface area contributed by atoms with E-state index < -0.39 is 0 Å². The van der Waals surface area contributed by atoms with Crippen molar-refractivity contribution in [2.24, 2.45) is 0 Å². The van der Waals surface area contributed by atoms with Crippen LogP contribution in [0.2, 0.25) is 0 Å². The maximum atomic E-state index is 12.8. The Morgan fingerprint density at radius 3 is 2.38 bits per heavy atom. The fourth-order valence-electron chi connectivity index (χ4n) is 3.32. The largest absolute Gasteiger partial charge is 0.348 e. The van der Waals surface area contributed by atoms with Gasteiger partial charge in [-0.05, 0) is 55.4 Å². The molecule has 0 bridgehead atoms. The first-order valence-corrected chi connectivity index (χ1v) is 10.7. The van der Waals surface area contributed by atoms with Gasteiger partial charge in [0.2, 0.25) is 0 Å². The first-order chi connectivity index (χ1) is 14.0. The molecule has 3 rings (SSSR count). The van der Waals surface area contributed by atoms with E-state index in [4.69, 9.17) is 0 Å². The van der Waals surface area contributed by atoms with Gasteiger partial charge in [-0.1, -0.05) is 54.0 Å². The summed E-state index contributed by atoms with van der Waals surface area (Å²) >= 11 is 3.44. The fraction of sp³-hybridized carbons (Fsp3) is 0.304. The molecule has 0 unspecified atom stereocenters. The second-order valence-corrected chi connectivity index (χ2v) is 7.86. The van der Waals surface area contributed by atoms with E-state index in [-0.39, 0.29) is 5.91 Å². The SMILES string of the molecule is CCN(CC)Cc1ccccc1CNC(=O)c1cnn(-c2ccc(Br)cc2)c1C. The second kappa shape index (κ2) is 9.85. The molecule has 6 heteroatoms. The first kappa shape index (κ1) is 21.3. The van der Waals surface area contributed by atoms with Gasteiger partial charge in [0.05, 0.1) is 23.1 Å². The van der Waals surface area contributed by atoms with E-state index in [0.29, 0.717) is 12.1 Å². The molecule has 0 saturated carbocycles. The van der Waals surface area contributed by atoms with Crippen LogP contribution >= 0.6 is 15.9 Å². The number of hydrogen-bond donors (Lipinski definition) is 1. The van der Waals surface area contributed by atoms with Gasteiger partial charge in [0.25, 0.3) is 5.91 Å². The molecule has 0 atom stereocenters. The zero-order chi connectivity index (χ0) is 20.8. The Bertz CT molecular complexity index is 961. The molecule has 0 aliphatic rings. The maximum Gasteiger partial charge on any atom is 0.255 e. The number of nitrogens with zero attached hydrogens (tertiary/aromatic N) is 3. The van der Waals surface area contributed by atoms with Crippen LogP contribution in [-0.4, -0.2) is 33.7 Å². The summed E-state index contributed by atoms with van der Waals surface area (Å²) in [7, 11) is 0. The average Bonchev–Trinajstić information content (AvgIpc) is 3.13. The number of carbonyl (C=O) groups is 1. The molecular weight excluding hydrogens is 428 g/mol. The molecule has 0 aliphatic carbocycles. The normalized spacial score (nSPS) is 11.1. The van der Waals surface area contributed by atoms with Crippen molar-refractivity contribution in [3.05, 3.63) is 81.6 Å². The van der Waals surface area contributed by atoms with Crippen molar-refractivity contribution in [1.82, 2.24) is 20.0 Å². The summed E-state index contributed by atoms with van der Waals surface area (Å²) in [4.78, 5) is 15.2. The van der Waals surface area contributed by atoms with E-state index in [2.05, 4.69) is 63.3 Å². The summed E-state index contributed by atoms with van der Waals surface area (Å²) in [6.07, 6.45) is 1.63. The minimum absolute atomic E-state index is 0.108. The highest BCUT2D eigenvalue weighted by molar-refractivity contribution is 9.10. The molecule has 2 aromatic carbocycles. The predicted molar refractivity (Wildman–Crippen MR) is 120 cm³/mol. The lowest BCUT2D eigenvalue weighted by atomic mass is 10.1. The molecule has 1 N–H and O–H groups in total. The lowest BCUT2D eigenvalue weighted by Gasteiger charge is -2.20. The van der Waals surface area contributed by atoms with Gasteiger partial charge in [-0.25, -0.2) is 4.68 Å². The Morgan fingerprint density at radius 2 is 1.72 bits per heavy atom. The van der Waals surface area contributed by atoms with Crippen molar-refractivity contribution >= 4 is 21.8 Å². The highest BCUT2D eigenvalue weighted by atomic mass is 79.9. The number of rotatable bonds is 8. The van der Waals surface area contributed by atoms with Crippen molar-refractivity contribution in [2.75, 3.05) is 13.1 Å². The monoisotopic (exact) mass is 454 g/mol. The van der Waals surface area contributed by atoms with Gasteiger partial charge in [-0.15, -0.1) is 0 Å². The van der Waals surface area contributed by atoms with E-state index in [1.54, 1.807) is 10.9 Å². The molecule has 29 heavy (non-hydrogen) atoms. The number of benzene rings is 2. The minimum Gasteiger partial charge on any atom is -0.348 e. The van der Waals surface area contributed by atoms with Crippen molar-refractivity contribution in [2.45, 2.75) is 33.9 Å². The number of carbonyl (C=O) groups excluding carboxylic acids is 1. The molecule has 3 aromatic rings. The molecule has 1 aromatic heterocycles. The number of hydrogen-bond acceptors (Lipinski definition) is 3. The van der Waals surface area contributed by atoms with Crippen LogP contribution in [0, 0.1) is 6.92 Å². The van der Waals surface area contributed by atoms with Crippen molar-refractivity contribution in [3.8, 4) is 5.69 Å². The number of halogens is 1. The van der Waals surface area contributed by atoms with Gasteiger partial charge in [-0.3, -0.25) is 9.69 Å². The first-order valence-electron chi connectivity index (χ1n) is 9.91. The molecular formula is C23H27BrN4O. The molecule has 0 aliphatic heterocycles.